The molecule has 3 N–H and O–H groups in total. The van der Waals surface area contributed by atoms with E-state index in [4.69, 9.17) is 18.9 Å². The molecule has 316 valence electrons. The van der Waals surface area contributed by atoms with Gasteiger partial charge >= 0.3 is 24.4 Å². The van der Waals surface area contributed by atoms with Gasteiger partial charge in [0.1, 0.15) is 22.4 Å². The number of rotatable bonds is 19. The Kier molecular flexibility index (Phi) is 22.1. The number of unbranched alkanes of at least 4 members (excludes halogenated alkanes) is 4. The summed E-state index contributed by atoms with van der Waals surface area (Å²) in [6.07, 6.45) is 2.29. The number of hydrogen-bond donors (Lipinski definition) is 3. The van der Waals surface area contributed by atoms with Crippen LogP contribution in [0.4, 0.5) is 19.2 Å². The first-order chi connectivity index (χ1) is 24.6. The van der Waals surface area contributed by atoms with Gasteiger partial charge in [0.05, 0.1) is 5.75 Å². The molecule has 0 unspecified atom stereocenters. The van der Waals surface area contributed by atoms with Gasteiger partial charge in [-0.3, -0.25) is 15.6 Å². The van der Waals surface area contributed by atoms with E-state index in [0.29, 0.717) is 77.7 Å². The Bertz CT molecular complexity index is 1260. The number of alkyl carbamates (subject to hydrolysis) is 2. The Labute approximate surface area is 325 Å². The van der Waals surface area contributed by atoms with Crippen molar-refractivity contribution in [3.8, 4) is 0 Å². The molecule has 0 aromatic rings. The van der Waals surface area contributed by atoms with Gasteiger partial charge in [-0.1, -0.05) is 13.3 Å². The molecule has 0 aromatic carbocycles. The Morgan fingerprint density at radius 1 is 0.556 bits per heavy atom. The summed E-state index contributed by atoms with van der Waals surface area (Å²) >= 11 is 0. The summed E-state index contributed by atoms with van der Waals surface area (Å²) in [5.41, 5.74) is -2.91. The number of guanidine groups is 1. The maximum Gasteiger partial charge on any atom is 0.414 e. The van der Waals surface area contributed by atoms with E-state index in [0.717, 1.165) is 6.42 Å². The van der Waals surface area contributed by atoms with Gasteiger partial charge < -0.3 is 28.7 Å². The predicted octanol–water partition coefficient (Wildman–Crippen LogP) is 6.93. The number of amides is 4. The normalized spacial score (nSPS) is 12.3. The zero-order valence-corrected chi connectivity index (χ0v) is 36.3. The predicted molar refractivity (Wildman–Crippen MR) is 211 cm³/mol. The second-order valence-corrected chi connectivity index (χ2v) is 19.0. The summed E-state index contributed by atoms with van der Waals surface area (Å²) < 4.78 is 48.7. The minimum atomic E-state index is -3.31. The van der Waals surface area contributed by atoms with Crippen molar-refractivity contribution >= 4 is 40.4 Å². The first-order valence-corrected chi connectivity index (χ1v) is 20.7. The number of ether oxygens (including phenoxy) is 4. The van der Waals surface area contributed by atoms with E-state index in [1.165, 1.54) is 0 Å². The minimum absolute atomic E-state index is 0.101. The Hall–Kier alpha value is -3.34. The minimum Gasteiger partial charge on any atom is -0.444 e. The van der Waals surface area contributed by atoms with Gasteiger partial charge in [0.2, 0.25) is 16.0 Å². The number of nitrogens with one attached hydrogen (secondary N) is 3. The molecule has 0 aliphatic heterocycles. The van der Waals surface area contributed by atoms with Crippen LogP contribution in [0.2, 0.25) is 0 Å². The first-order valence-electron chi connectivity index (χ1n) is 19.1. The molecule has 0 radical (unpaired) electrons. The molecule has 0 aromatic heterocycles. The number of nitrogens with zero attached hydrogens (tertiary/aromatic N) is 3. The average Bonchev–Trinajstić information content (AvgIpc) is 2.95. The molecule has 4 amide bonds. The SMILES string of the molecule is CCCCS(=O)(=O)NCCCCN(CCCCN(CCCCN=C(NC(=O)OC(C)(C)C)NC(=O)OC(C)(C)C)C(=O)OC(C)(C)C)C(=O)OC(C)(C)C. The molecule has 0 bridgehead atoms. The van der Waals surface area contributed by atoms with Crippen LogP contribution in [0.25, 0.3) is 0 Å². The van der Waals surface area contributed by atoms with Crippen LogP contribution in [0.3, 0.4) is 0 Å². The summed E-state index contributed by atoms with van der Waals surface area (Å²) in [5, 5.41) is 4.91. The van der Waals surface area contributed by atoms with E-state index in [1.54, 1.807) is 92.9 Å². The highest BCUT2D eigenvalue weighted by atomic mass is 32.2. The largest absolute Gasteiger partial charge is 0.444 e. The molecule has 0 rings (SSSR count). The van der Waals surface area contributed by atoms with Gasteiger partial charge in [-0.05, 0) is 128 Å². The van der Waals surface area contributed by atoms with Crippen molar-refractivity contribution < 1.29 is 46.5 Å². The fourth-order valence-corrected chi connectivity index (χ4v) is 5.69. The number of hydrogen-bond acceptors (Lipinski definition) is 11. The van der Waals surface area contributed by atoms with E-state index in [1.807, 2.05) is 6.92 Å². The number of aliphatic imine (C=N–C) groups is 1. The summed E-state index contributed by atoms with van der Waals surface area (Å²) in [6.45, 7) is 25.1. The van der Waals surface area contributed by atoms with E-state index >= 15 is 0 Å². The molecular formula is C37H72N6O10S. The maximum absolute atomic E-state index is 13.1. The summed E-state index contributed by atoms with van der Waals surface area (Å²) in [6, 6.07) is 0. The molecule has 17 heteroatoms. The second kappa shape index (κ2) is 23.6. The van der Waals surface area contributed by atoms with Crippen LogP contribution in [0.5, 0.6) is 0 Å². The summed E-state index contributed by atoms with van der Waals surface area (Å²) in [7, 11) is -3.31. The van der Waals surface area contributed by atoms with Crippen LogP contribution in [0.15, 0.2) is 4.99 Å². The molecule has 0 heterocycles. The van der Waals surface area contributed by atoms with Crippen molar-refractivity contribution in [2.75, 3.05) is 45.0 Å². The van der Waals surface area contributed by atoms with E-state index in [9.17, 15) is 27.6 Å². The molecule has 0 saturated carbocycles. The molecule has 16 nitrogen and oxygen atoms in total. The topological polar surface area (TPSA) is 194 Å². The van der Waals surface area contributed by atoms with Crippen molar-refractivity contribution in [2.24, 2.45) is 4.99 Å². The zero-order chi connectivity index (χ0) is 41.8. The molecule has 0 atom stereocenters. The zero-order valence-electron chi connectivity index (χ0n) is 35.4. The molecule has 0 aliphatic carbocycles. The van der Waals surface area contributed by atoms with Gasteiger partial charge in [0.15, 0.2) is 0 Å². The molecule has 0 saturated heterocycles. The lowest BCUT2D eigenvalue weighted by Gasteiger charge is -2.29. The lowest BCUT2D eigenvalue weighted by atomic mass is 10.2. The lowest BCUT2D eigenvalue weighted by Crippen LogP contribution is -2.47. The highest BCUT2D eigenvalue weighted by Crippen LogP contribution is 2.14. The van der Waals surface area contributed by atoms with Gasteiger partial charge in [-0.25, -0.2) is 32.3 Å². The van der Waals surface area contributed by atoms with Crippen LogP contribution < -0.4 is 15.4 Å². The third-order valence-electron chi connectivity index (χ3n) is 6.70. The quantitative estimate of drug-likeness (QED) is 0.0535. The maximum atomic E-state index is 13.1. The van der Waals surface area contributed by atoms with Gasteiger partial charge in [-0.15, -0.1) is 0 Å². The molecular weight excluding hydrogens is 721 g/mol. The third kappa shape index (κ3) is 29.1. The Balaban J connectivity index is 5.44. The van der Waals surface area contributed by atoms with Crippen molar-refractivity contribution in [3.05, 3.63) is 0 Å². The molecule has 0 spiro atoms. The van der Waals surface area contributed by atoms with Crippen LogP contribution in [-0.4, -0.2) is 116 Å². The number of carbonyl (C=O) groups excluding carboxylic acids is 4. The van der Waals surface area contributed by atoms with Crippen LogP contribution in [0, 0.1) is 0 Å². The average molecular weight is 793 g/mol. The van der Waals surface area contributed by atoms with Gasteiger partial charge in [0.25, 0.3) is 0 Å². The standard InChI is InChI=1S/C37H72N6O10S/c1-14-15-28-54(48,49)39-23-17-19-25-43(33(47)53-37(11,12)13)27-21-20-26-42(32(46)52-36(8,9)10)24-18-16-22-38-29(40-30(44)50-34(2,3)4)41-31(45)51-35(5,6)7/h39H,14-28H2,1-13H3,(H2,38,40,41,44,45). The van der Waals surface area contributed by atoms with Crippen LogP contribution in [-0.2, 0) is 29.0 Å². The second-order valence-electron chi connectivity index (χ2n) is 17.1. The smallest absolute Gasteiger partial charge is 0.414 e. The molecule has 0 fully saturated rings. The molecule has 54 heavy (non-hydrogen) atoms. The van der Waals surface area contributed by atoms with Crippen LogP contribution >= 0.6 is 0 Å². The Morgan fingerprint density at radius 2 is 0.926 bits per heavy atom. The van der Waals surface area contributed by atoms with E-state index in [2.05, 4.69) is 20.3 Å². The highest BCUT2D eigenvalue weighted by Gasteiger charge is 2.25. The fourth-order valence-electron chi connectivity index (χ4n) is 4.43. The van der Waals surface area contributed by atoms with Crippen LogP contribution in [0.1, 0.15) is 141 Å². The lowest BCUT2D eigenvalue weighted by molar-refractivity contribution is 0.0207. The van der Waals surface area contributed by atoms with Crippen molar-refractivity contribution in [1.29, 1.82) is 0 Å². The van der Waals surface area contributed by atoms with Crippen molar-refractivity contribution in [3.63, 3.8) is 0 Å². The third-order valence-corrected chi connectivity index (χ3v) is 8.17. The fraction of sp³-hybridized carbons (Fsp3) is 0.865. The van der Waals surface area contributed by atoms with E-state index in [-0.39, 0.29) is 18.3 Å². The first kappa shape index (κ1) is 50.7. The van der Waals surface area contributed by atoms with Gasteiger partial charge in [0, 0.05) is 39.3 Å². The highest BCUT2D eigenvalue weighted by molar-refractivity contribution is 7.89. The number of sulfonamides is 1. The number of carbonyl (C=O) groups is 4. The summed E-state index contributed by atoms with van der Waals surface area (Å²) in [5.74, 6) is -0.0195. The van der Waals surface area contributed by atoms with Crippen molar-refractivity contribution in [1.82, 2.24) is 25.2 Å². The summed E-state index contributed by atoms with van der Waals surface area (Å²) in [4.78, 5) is 58.5. The van der Waals surface area contributed by atoms with Crippen molar-refractivity contribution in [2.45, 2.75) is 164 Å². The van der Waals surface area contributed by atoms with Gasteiger partial charge in [-0.2, -0.15) is 0 Å². The van der Waals surface area contributed by atoms with E-state index < -0.39 is 56.8 Å². The molecule has 0 aliphatic rings. The monoisotopic (exact) mass is 793 g/mol. The Morgan fingerprint density at radius 3 is 1.30 bits per heavy atom.